The van der Waals surface area contributed by atoms with Gasteiger partial charge in [-0.2, -0.15) is 0 Å². The number of carbonyl (C=O) groups excluding carboxylic acids is 1. The zero-order valence-electron chi connectivity index (χ0n) is 10.0. The van der Waals surface area contributed by atoms with Gasteiger partial charge in [0.1, 0.15) is 6.10 Å². The van der Waals surface area contributed by atoms with Crippen molar-refractivity contribution >= 4 is 23.1 Å². The van der Waals surface area contributed by atoms with E-state index in [0.29, 0.717) is 11.6 Å². The summed E-state index contributed by atoms with van der Waals surface area (Å²) < 4.78 is 5.48. The van der Waals surface area contributed by atoms with Crippen molar-refractivity contribution in [1.82, 2.24) is 5.32 Å². The fourth-order valence-electron chi connectivity index (χ4n) is 2.68. The Labute approximate surface area is 107 Å². The lowest BCUT2D eigenvalue weighted by atomic mass is 9.96. The first-order valence-corrected chi connectivity index (χ1v) is 6.78. The van der Waals surface area contributed by atoms with Crippen LogP contribution in [0.5, 0.6) is 0 Å². The molecule has 0 aromatic heterocycles. The van der Waals surface area contributed by atoms with Crippen molar-refractivity contribution in [1.29, 1.82) is 0 Å². The third kappa shape index (κ3) is 2.77. The number of amides is 1. The Morgan fingerprint density at radius 1 is 1.29 bits per heavy atom. The predicted octanol–water partition coefficient (Wildman–Crippen LogP) is 1.27. The highest BCUT2D eigenvalue weighted by atomic mass is 32.1. The van der Waals surface area contributed by atoms with E-state index >= 15 is 0 Å². The van der Waals surface area contributed by atoms with Crippen LogP contribution < -0.4 is 11.1 Å². The van der Waals surface area contributed by atoms with Crippen LogP contribution in [0, 0.1) is 0 Å². The SMILES string of the molecule is NC(=S)C1(NC(=O)C2CCCCO2)CCCC1. The van der Waals surface area contributed by atoms with Gasteiger partial charge in [-0.3, -0.25) is 4.79 Å². The van der Waals surface area contributed by atoms with E-state index in [0.717, 1.165) is 44.9 Å². The number of nitrogens with two attached hydrogens (primary N) is 1. The number of rotatable bonds is 3. The monoisotopic (exact) mass is 256 g/mol. The van der Waals surface area contributed by atoms with Crippen molar-refractivity contribution in [2.75, 3.05) is 6.61 Å². The molecule has 0 spiro atoms. The molecule has 2 fully saturated rings. The molecule has 1 aliphatic heterocycles. The van der Waals surface area contributed by atoms with E-state index in [1.54, 1.807) is 0 Å². The maximum Gasteiger partial charge on any atom is 0.249 e. The van der Waals surface area contributed by atoms with Crippen LogP contribution in [0.15, 0.2) is 0 Å². The van der Waals surface area contributed by atoms with E-state index in [1.165, 1.54) is 0 Å². The van der Waals surface area contributed by atoms with Crippen LogP contribution in [0.3, 0.4) is 0 Å². The van der Waals surface area contributed by atoms with Crippen molar-refractivity contribution in [3.05, 3.63) is 0 Å². The maximum atomic E-state index is 12.1. The lowest BCUT2D eigenvalue weighted by molar-refractivity contribution is -0.136. The van der Waals surface area contributed by atoms with Crippen molar-refractivity contribution < 1.29 is 9.53 Å². The van der Waals surface area contributed by atoms with E-state index in [1.807, 2.05) is 0 Å². The van der Waals surface area contributed by atoms with E-state index in [2.05, 4.69) is 5.32 Å². The Hall–Kier alpha value is -0.680. The second kappa shape index (κ2) is 5.31. The molecule has 1 heterocycles. The Balaban J connectivity index is 1.98. The Kier molecular flexibility index (Phi) is 3.99. The topological polar surface area (TPSA) is 64.3 Å². The van der Waals surface area contributed by atoms with Crippen LogP contribution in [0.4, 0.5) is 0 Å². The van der Waals surface area contributed by atoms with Crippen LogP contribution in [-0.4, -0.2) is 29.1 Å². The standard InChI is InChI=1S/C12H20N2O2S/c13-11(17)12(6-2-3-7-12)14-10(15)9-5-1-4-8-16-9/h9H,1-8H2,(H2,13,17)(H,14,15). The molecule has 4 nitrogen and oxygen atoms in total. The summed E-state index contributed by atoms with van der Waals surface area (Å²) in [5, 5.41) is 3.03. The average Bonchev–Trinajstić information content (AvgIpc) is 2.80. The first-order valence-electron chi connectivity index (χ1n) is 6.38. The molecule has 2 rings (SSSR count). The summed E-state index contributed by atoms with van der Waals surface area (Å²) in [5.74, 6) is -0.0422. The molecule has 1 saturated carbocycles. The minimum absolute atomic E-state index is 0.0422. The molecule has 1 saturated heterocycles. The van der Waals surface area contributed by atoms with Crippen molar-refractivity contribution in [2.24, 2.45) is 5.73 Å². The van der Waals surface area contributed by atoms with Gasteiger partial charge in [-0.15, -0.1) is 0 Å². The van der Waals surface area contributed by atoms with Crippen molar-refractivity contribution in [3.8, 4) is 0 Å². The van der Waals surface area contributed by atoms with Crippen LogP contribution in [-0.2, 0) is 9.53 Å². The minimum Gasteiger partial charge on any atom is -0.391 e. The lowest BCUT2D eigenvalue weighted by Crippen LogP contribution is -2.57. The highest BCUT2D eigenvalue weighted by Crippen LogP contribution is 2.30. The van der Waals surface area contributed by atoms with Gasteiger partial charge in [0, 0.05) is 6.61 Å². The molecule has 0 aromatic carbocycles. The number of nitrogens with one attached hydrogen (secondary N) is 1. The molecule has 1 atom stereocenters. The summed E-state index contributed by atoms with van der Waals surface area (Å²) in [7, 11) is 0. The predicted molar refractivity (Wildman–Crippen MR) is 69.7 cm³/mol. The molecule has 3 N–H and O–H groups in total. The largest absolute Gasteiger partial charge is 0.391 e. The number of ether oxygens (including phenoxy) is 1. The second-order valence-electron chi connectivity index (χ2n) is 5.00. The molecule has 0 bridgehead atoms. The molecule has 1 amide bonds. The Morgan fingerprint density at radius 3 is 2.53 bits per heavy atom. The van der Waals surface area contributed by atoms with Gasteiger partial charge in [0.25, 0.3) is 0 Å². The third-order valence-corrected chi connectivity index (χ3v) is 4.15. The molecule has 0 radical (unpaired) electrons. The summed E-state index contributed by atoms with van der Waals surface area (Å²) >= 11 is 5.11. The highest BCUT2D eigenvalue weighted by Gasteiger charge is 2.39. The first-order chi connectivity index (χ1) is 8.14. The molecule has 2 aliphatic rings. The third-order valence-electron chi connectivity index (χ3n) is 3.76. The second-order valence-corrected chi connectivity index (χ2v) is 5.44. The quantitative estimate of drug-likeness (QED) is 0.746. The van der Waals surface area contributed by atoms with E-state index in [9.17, 15) is 4.79 Å². The highest BCUT2D eigenvalue weighted by molar-refractivity contribution is 7.80. The summed E-state index contributed by atoms with van der Waals surface area (Å²) in [6.07, 6.45) is 6.46. The molecule has 0 aromatic rings. The van der Waals surface area contributed by atoms with E-state index in [-0.39, 0.29) is 12.0 Å². The fraction of sp³-hybridized carbons (Fsp3) is 0.833. The van der Waals surface area contributed by atoms with Crippen LogP contribution in [0.1, 0.15) is 44.9 Å². The lowest BCUT2D eigenvalue weighted by Gasteiger charge is -2.32. The number of hydrogen-bond donors (Lipinski definition) is 2. The summed E-state index contributed by atoms with van der Waals surface area (Å²) in [6.45, 7) is 0.679. The number of carbonyl (C=O) groups is 1. The molecule has 1 unspecified atom stereocenters. The van der Waals surface area contributed by atoms with Gasteiger partial charge in [-0.1, -0.05) is 25.1 Å². The fourth-order valence-corrected chi connectivity index (χ4v) is 2.93. The Morgan fingerprint density at radius 2 is 2.00 bits per heavy atom. The van der Waals surface area contributed by atoms with Gasteiger partial charge in [0.15, 0.2) is 0 Å². The Bertz CT molecular complexity index is 308. The number of thiocarbonyl (C=S) groups is 1. The molecular weight excluding hydrogens is 236 g/mol. The number of hydrogen-bond acceptors (Lipinski definition) is 3. The van der Waals surface area contributed by atoms with Gasteiger partial charge < -0.3 is 15.8 Å². The van der Waals surface area contributed by atoms with E-state index < -0.39 is 5.54 Å². The molecule has 17 heavy (non-hydrogen) atoms. The molecule has 96 valence electrons. The van der Waals surface area contributed by atoms with Crippen molar-refractivity contribution in [3.63, 3.8) is 0 Å². The zero-order valence-corrected chi connectivity index (χ0v) is 10.9. The smallest absolute Gasteiger partial charge is 0.249 e. The van der Waals surface area contributed by atoms with Gasteiger partial charge in [-0.05, 0) is 32.1 Å². The van der Waals surface area contributed by atoms with Gasteiger partial charge in [-0.25, -0.2) is 0 Å². The summed E-state index contributed by atoms with van der Waals surface area (Å²) in [4.78, 5) is 12.5. The van der Waals surface area contributed by atoms with Crippen LogP contribution >= 0.6 is 12.2 Å². The summed E-state index contributed by atoms with van der Waals surface area (Å²) in [6, 6.07) is 0. The van der Waals surface area contributed by atoms with Gasteiger partial charge in [0.05, 0.1) is 10.5 Å². The summed E-state index contributed by atoms with van der Waals surface area (Å²) in [5.41, 5.74) is 5.34. The normalized spacial score (nSPS) is 27.6. The van der Waals surface area contributed by atoms with Crippen molar-refractivity contribution in [2.45, 2.75) is 56.6 Å². The van der Waals surface area contributed by atoms with Crippen LogP contribution in [0.25, 0.3) is 0 Å². The molecule has 5 heteroatoms. The molecule has 1 aliphatic carbocycles. The van der Waals surface area contributed by atoms with Gasteiger partial charge in [0.2, 0.25) is 5.91 Å². The average molecular weight is 256 g/mol. The first kappa shape index (κ1) is 12.8. The van der Waals surface area contributed by atoms with E-state index in [4.69, 9.17) is 22.7 Å². The maximum absolute atomic E-state index is 12.1. The van der Waals surface area contributed by atoms with Gasteiger partial charge >= 0.3 is 0 Å². The molecular formula is C12H20N2O2S. The zero-order chi connectivity index (χ0) is 12.3. The van der Waals surface area contributed by atoms with Crippen LogP contribution in [0.2, 0.25) is 0 Å². The minimum atomic E-state index is -0.451.